The number of aromatic nitrogens is 1. The molecule has 1 N–H and O–H groups in total. The van der Waals surface area contributed by atoms with Gasteiger partial charge in [0.1, 0.15) is 5.60 Å². The fourth-order valence-corrected chi connectivity index (χ4v) is 5.24. The molecule has 2 unspecified atom stereocenters. The average Bonchev–Trinajstić information content (AvgIpc) is 2.63. The second kappa shape index (κ2) is 4.31. The summed E-state index contributed by atoms with van der Waals surface area (Å²) in [6.45, 7) is 0. The van der Waals surface area contributed by atoms with Crippen molar-refractivity contribution in [3.05, 3.63) is 23.9 Å². The van der Waals surface area contributed by atoms with Gasteiger partial charge in [0.2, 0.25) is 5.88 Å². The van der Waals surface area contributed by atoms with E-state index in [1.807, 2.05) is 12.1 Å². The van der Waals surface area contributed by atoms with Crippen LogP contribution in [-0.4, -0.2) is 31.9 Å². The average molecular weight is 267 g/mol. The number of pyridine rings is 1. The zero-order valence-corrected chi connectivity index (χ0v) is 11.2. The van der Waals surface area contributed by atoms with Gasteiger partial charge in [-0.15, -0.1) is 0 Å². The SMILES string of the molecule is COc1cccc(C2(O)CC3CCC(C2)S3=O)n1. The molecule has 2 saturated heterocycles. The smallest absolute Gasteiger partial charge is 0.213 e. The molecule has 0 aliphatic carbocycles. The zero-order valence-electron chi connectivity index (χ0n) is 10.3. The lowest BCUT2D eigenvalue weighted by Gasteiger charge is -2.35. The van der Waals surface area contributed by atoms with Gasteiger partial charge in [-0.1, -0.05) is 6.07 Å². The molecule has 98 valence electrons. The van der Waals surface area contributed by atoms with Crippen LogP contribution in [0.15, 0.2) is 18.2 Å². The fourth-order valence-electron chi connectivity index (χ4n) is 3.08. The Kier molecular flexibility index (Phi) is 2.90. The third kappa shape index (κ3) is 1.86. The summed E-state index contributed by atoms with van der Waals surface area (Å²) in [6, 6.07) is 5.44. The van der Waals surface area contributed by atoms with E-state index in [1.165, 1.54) is 0 Å². The molecule has 0 aromatic carbocycles. The number of hydrogen-bond acceptors (Lipinski definition) is 4. The van der Waals surface area contributed by atoms with Crippen LogP contribution >= 0.6 is 0 Å². The van der Waals surface area contributed by atoms with Gasteiger partial charge in [0.05, 0.1) is 12.8 Å². The zero-order chi connectivity index (χ0) is 12.8. The number of hydrogen-bond donors (Lipinski definition) is 1. The molecule has 0 spiro atoms. The van der Waals surface area contributed by atoms with Crippen molar-refractivity contribution < 1.29 is 14.1 Å². The van der Waals surface area contributed by atoms with Gasteiger partial charge in [-0.05, 0) is 31.7 Å². The largest absolute Gasteiger partial charge is 0.481 e. The molecule has 1 aromatic rings. The van der Waals surface area contributed by atoms with E-state index >= 15 is 0 Å². The van der Waals surface area contributed by atoms with Gasteiger partial charge in [0.25, 0.3) is 0 Å². The number of rotatable bonds is 2. The molecule has 2 bridgehead atoms. The molecule has 0 radical (unpaired) electrons. The van der Waals surface area contributed by atoms with Crippen LogP contribution in [0.25, 0.3) is 0 Å². The van der Waals surface area contributed by atoms with Crippen molar-refractivity contribution >= 4 is 10.8 Å². The van der Waals surface area contributed by atoms with E-state index in [1.54, 1.807) is 13.2 Å². The van der Waals surface area contributed by atoms with E-state index in [0.29, 0.717) is 24.4 Å². The lowest BCUT2D eigenvalue weighted by Crippen LogP contribution is -2.40. The molecule has 1 aromatic heterocycles. The monoisotopic (exact) mass is 267 g/mol. The van der Waals surface area contributed by atoms with Gasteiger partial charge in [-0.25, -0.2) is 4.98 Å². The van der Waals surface area contributed by atoms with E-state index in [4.69, 9.17) is 4.74 Å². The first-order chi connectivity index (χ1) is 8.62. The molecule has 18 heavy (non-hydrogen) atoms. The summed E-state index contributed by atoms with van der Waals surface area (Å²) in [7, 11) is 0.800. The first kappa shape index (κ1) is 12.1. The molecular formula is C13H17NO3S. The van der Waals surface area contributed by atoms with Gasteiger partial charge in [0.15, 0.2) is 0 Å². The van der Waals surface area contributed by atoms with Crippen LogP contribution in [0.2, 0.25) is 0 Å². The van der Waals surface area contributed by atoms with Crippen LogP contribution in [0.3, 0.4) is 0 Å². The highest BCUT2D eigenvalue weighted by atomic mass is 32.2. The maximum atomic E-state index is 12.0. The third-order valence-corrected chi connectivity index (χ3v) is 6.13. The predicted molar refractivity (Wildman–Crippen MR) is 68.9 cm³/mol. The van der Waals surface area contributed by atoms with E-state index < -0.39 is 16.4 Å². The molecule has 5 heteroatoms. The number of methoxy groups -OCH3 is 1. The van der Waals surface area contributed by atoms with Crippen molar-refractivity contribution in [3.8, 4) is 5.88 Å². The fraction of sp³-hybridized carbons (Fsp3) is 0.615. The van der Waals surface area contributed by atoms with Crippen molar-refractivity contribution in [1.29, 1.82) is 0 Å². The minimum Gasteiger partial charge on any atom is -0.481 e. The van der Waals surface area contributed by atoms with Crippen molar-refractivity contribution in [2.24, 2.45) is 0 Å². The summed E-state index contributed by atoms with van der Waals surface area (Å²) in [5.74, 6) is 0.514. The molecule has 3 heterocycles. The Hall–Kier alpha value is -0.940. The van der Waals surface area contributed by atoms with Gasteiger partial charge in [-0.3, -0.25) is 4.21 Å². The maximum absolute atomic E-state index is 12.0. The lowest BCUT2D eigenvalue weighted by atomic mass is 9.89. The minimum atomic E-state index is -0.936. The van der Waals surface area contributed by atoms with Crippen molar-refractivity contribution in [2.75, 3.05) is 7.11 Å². The van der Waals surface area contributed by atoms with Crippen molar-refractivity contribution in [1.82, 2.24) is 4.98 Å². The Morgan fingerprint density at radius 3 is 2.67 bits per heavy atom. The van der Waals surface area contributed by atoms with Gasteiger partial charge < -0.3 is 9.84 Å². The quantitative estimate of drug-likeness (QED) is 0.878. The topological polar surface area (TPSA) is 59.4 Å². The van der Waals surface area contributed by atoms with E-state index in [0.717, 1.165) is 12.8 Å². The Bertz CT molecular complexity index is 475. The van der Waals surface area contributed by atoms with Gasteiger partial charge in [0, 0.05) is 27.4 Å². The second-order valence-electron chi connectivity index (χ2n) is 5.15. The molecule has 0 amide bonds. The Morgan fingerprint density at radius 1 is 1.39 bits per heavy atom. The minimum absolute atomic E-state index is 0.127. The molecule has 2 atom stereocenters. The summed E-state index contributed by atoms with van der Waals surface area (Å²) in [4.78, 5) is 4.34. The van der Waals surface area contributed by atoms with Crippen LogP contribution < -0.4 is 4.74 Å². The summed E-state index contributed by atoms with van der Waals surface area (Å²) in [6.07, 6.45) is 3.03. The summed E-state index contributed by atoms with van der Waals surface area (Å²) in [5, 5.41) is 11.1. The number of aliphatic hydroxyl groups is 1. The van der Waals surface area contributed by atoms with Crippen LogP contribution in [0.4, 0.5) is 0 Å². The molecule has 2 fully saturated rings. The van der Waals surface area contributed by atoms with E-state index in [9.17, 15) is 9.32 Å². The predicted octanol–water partition coefficient (Wildman–Crippen LogP) is 1.35. The summed E-state index contributed by atoms with van der Waals surface area (Å²) >= 11 is 0. The maximum Gasteiger partial charge on any atom is 0.213 e. The van der Waals surface area contributed by atoms with Crippen LogP contribution in [0, 0.1) is 0 Å². The Morgan fingerprint density at radius 2 is 2.06 bits per heavy atom. The highest BCUT2D eigenvalue weighted by Crippen LogP contribution is 2.45. The molecule has 0 saturated carbocycles. The van der Waals surface area contributed by atoms with Crippen LogP contribution in [0.1, 0.15) is 31.4 Å². The van der Waals surface area contributed by atoms with Crippen LogP contribution in [-0.2, 0) is 16.4 Å². The number of ether oxygens (including phenoxy) is 1. The molecule has 4 nitrogen and oxygen atoms in total. The highest BCUT2D eigenvalue weighted by Gasteiger charge is 2.49. The Balaban J connectivity index is 1.93. The van der Waals surface area contributed by atoms with Crippen LogP contribution in [0.5, 0.6) is 5.88 Å². The first-order valence-electron chi connectivity index (χ1n) is 6.26. The Labute approximate surface area is 109 Å². The first-order valence-corrected chi connectivity index (χ1v) is 7.53. The standard InChI is InChI=1S/C13H17NO3S/c1-17-12-4-2-3-11(14-12)13(15)7-9-5-6-10(8-13)18(9)16/h2-4,9-10,15H,5-8H2,1H3. The summed E-state index contributed by atoms with van der Waals surface area (Å²) < 4.78 is 17.1. The summed E-state index contributed by atoms with van der Waals surface area (Å²) in [5.41, 5.74) is -0.288. The lowest BCUT2D eigenvalue weighted by molar-refractivity contribution is 0.0137. The second-order valence-corrected chi connectivity index (χ2v) is 7.15. The van der Waals surface area contributed by atoms with Gasteiger partial charge >= 0.3 is 0 Å². The van der Waals surface area contributed by atoms with E-state index in [2.05, 4.69) is 4.98 Å². The molecule has 2 aliphatic rings. The normalized spacial score (nSPS) is 38.7. The highest BCUT2D eigenvalue weighted by molar-refractivity contribution is 7.86. The molecular weight excluding hydrogens is 250 g/mol. The van der Waals surface area contributed by atoms with E-state index in [-0.39, 0.29) is 10.5 Å². The number of nitrogens with zero attached hydrogens (tertiary/aromatic N) is 1. The molecule has 2 aliphatic heterocycles. The molecule has 3 rings (SSSR count). The third-order valence-electron chi connectivity index (χ3n) is 4.01. The number of fused-ring (bicyclic) bond motifs is 2. The van der Waals surface area contributed by atoms with Crippen molar-refractivity contribution in [2.45, 2.75) is 41.8 Å². The van der Waals surface area contributed by atoms with Crippen molar-refractivity contribution in [3.63, 3.8) is 0 Å². The van der Waals surface area contributed by atoms with Gasteiger partial charge in [-0.2, -0.15) is 0 Å².